The summed E-state index contributed by atoms with van der Waals surface area (Å²) in [5.74, 6) is -1.23. The molecule has 0 rings (SSSR count). The zero-order valence-electron chi connectivity index (χ0n) is 37.3. The summed E-state index contributed by atoms with van der Waals surface area (Å²) in [7, 11) is -9.75. The maximum atomic E-state index is 12.7. The van der Waals surface area contributed by atoms with Crippen molar-refractivity contribution in [3.05, 3.63) is 85.1 Å². The van der Waals surface area contributed by atoms with Gasteiger partial charge in [0.15, 0.2) is 6.10 Å². The fourth-order valence-corrected chi connectivity index (χ4v) is 6.61. The first-order valence-corrected chi connectivity index (χ1v) is 25.4. The number of aliphatic hydroxyl groups is 2. The number of ether oxygens (including phenoxy) is 2. The Bertz CT molecular complexity index is 1430. The molecule has 0 aliphatic carbocycles. The Morgan fingerprint density at radius 3 is 1.73 bits per heavy atom. The van der Waals surface area contributed by atoms with Gasteiger partial charge < -0.3 is 34.4 Å². The molecule has 0 spiro atoms. The van der Waals surface area contributed by atoms with Crippen molar-refractivity contribution in [3.63, 3.8) is 0 Å². The second-order valence-electron chi connectivity index (χ2n) is 14.8. The highest BCUT2D eigenvalue weighted by molar-refractivity contribution is 7.47. The van der Waals surface area contributed by atoms with Crippen LogP contribution in [0.2, 0.25) is 0 Å². The van der Waals surface area contributed by atoms with Gasteiger partial charge in [-0.15, -0.1) is 0 Å². The van der Waals surface area contributed by atoms with Gasteiger partial charge in [-0.05, 0) is 70.6 Å². The van der Waals surface area contributed by atoms with Crippen molar-refractivity contribution >= 4 is 27.6 Å². The summed E-state index contributed by atoms with van der Waals surface area (Å²) in [6.45, 7) is 1.42. The van der Waals surface area contributed by atoms with Crippen LogP contribution in [-0.4, -0.2) is 81.6 Å². The summed E-state index contributed by atoms with van der Waals surface area (Å²) in [5.41, 5.74) is 0. The monoisotopic (exact) mass is 916 g/mol. The lowest BCUT2D eigenvalue weighted by Gasteiger charge is -2.20. The number of esters is 2. The van der Waals surface area contributed by atoms with E-state index in [2.05, 4.69) is 71.5 Å². The highest BCUT2D eigenvalue weighted by Gasteiger charge is 2.28. The van der Waals surface area contributed by atoms with Gasteiger partial charge in [0, 0.05) is 12.8 Å². The number of hydrogen-bond donors (Lipinski definition) is 5. The molecule has 2 unspecified atom stereocenters. The number of phosphoric acid groups is 2. The molecule has 0 heterocycles. The Hall–Kier alpha value is -2.74. The van der Waals surface area contributed by atoms with Gasteiger partial charge in [0.25, 0.3) is 0 Å². The molecule has 0 aliphatic heterocycles. The molecule has 0 fully saturated rings. The van der Waals surface area contributed by atoms with E-state index in [1.54, 1.807) is 24.3 Å². The van der Waals surface area contributed by atoms with Crippen LogP contribution < -0.4 is 0 Å². The molecule has 0 saturated heterocycles. The summed E-state index contributed by atoms with van der Waals surface area (Å²) >= 11 is 0. The van der Waals surface area contributed by atoms with E-state index in [0.29, 0.717) is 12.8 Å². The van der Waals surface area contributed by atoms with E-state index in [1.807, 2.05) is 12.2 Å². The van der Waals surface area contributed by atoms with Crippen molar-refractivity contribution < 1.29 is 66.7 Å². The van der Waals surface area contributed by atoms with Crippen LogP contribution in [0.5, 0.6) is 0 Å². The summed E-state index contributed by atoms with van der Waals surface area (Å²) < 4.78 is 47.6. The van der Waals surface area contributed by atoms with E-state index >= 15 is 0 Å². The van der Waals surface area contributed by atoms with Crippen LogP contribution in [0.4, 0.5) is 0 Å². The van der Waals surface area contributed by atoms with E-state index < -0.39 is 72.3 Å². The molecule has 62 heavy (non-hydrogen) atoms. The Kier molecular flexibility index (Phi) is 39.2. The number of carbonyl (C=O) groups is 2. The van der Waals surface area contributed by atoms with Gasteiger partial charge >= 0.3 is 27.6 Å². The van der Waals surface area contributed by atoms with Crippen molar-refractivity contribution in [2.45, 2.75) is 167 Å². The molecule has 0 aliphatic rings. The lowest BCUT2D eigenvalue weighted by atomic mass is 10.1. The van der Waals surface area contributed by atoms with Gasteiger partial charge in [-0.3, -0.25) is 23.2 Å². The number of phosphoric ester groups is 2. The highest BCUT2D eigenvalue weighted by atomic mass is 31.2. The van der Waals surface area contributed by atoms with Crippen LogP contribution in [0.25, 0.3) is 0 Å². The predicted octanol–water partition coefficient (Wildman–Crippen LogP) is 10.5. The second-order valence-corrected chi connectivity index (χ2v) is 17.5. The molecular formula is C46H78O14P2. The summed E-state index contributed by atoms with van der Waals surface area (Å²) in [6.07, 6.45) is 43.2. The van der Waals surface area contributed by atoms with Crippen LogP contribution in [0, 0.1) is 0 Å². The Morgan fingerprint density at radius 1 is 0.548 bits per heavy atom. The normalized spacial score (nSPS) is 15.3. The predicted molar refractivity (Wildman–Crippen MR) is 245 cm³/mol. The van der Waals surface area contributed by atoms with Crippen LogP contribution in [0.3, 0.4) is 0 Å². The third-order valence-corrected chi connectivity index (χ3v) is 10.3. The molecule has 0 saturated carbocycles. The fraction of sp³-hybridized carbons (Fsp3) is 0.652. The average molecular weight is 917 g/mol. The Labute approximate surface area is 371 Å². The molecule has 16 heteroatoms. The molecular weight excluding hydrogens is 838 g/mol. The lowest BCUT2D eigenvalue weighted by molar-refractivity contribution is -0.161. The quantitative estimate of drug-likeness (QED) is 0.0127. The van der Waals surface area contributed by atoms with Crippen molar-refractivity contribution in [2.24, 2.45) is 0 Å². The van der Waals surface area contributed by atoms with Crippen LogP contribution in [0.1, 0.15) is 149 Å². The van der Waals surface area contributed by atoms with Crippen molar-refractivity contribution in [3.8, 4) is 0 Å². The third-order valence-electron chi connectivity index (χ3n) is 8.85. The van der Waals surface area contributed by atoms with E-state index in [0.717, 1.165) is 64.2 Å². The number of rotatable bonds is 41. The molecule has 356 valence electrons. The third kappa shape index (κ3) is 43.9. The van der Waals surface area contributed by atoms with Crippen LogP contribution >= 0.6 is 15.6 Å². The van der Waals surface area contributed by atoms with Crippen LogP contribution in [-0.2, 0) is 41.8 Å². The number of carbonyl (C=O) groups excluding carboxylic acids is 2. The lowest BCUT2D eigenvalue weighted by Crippen LogP contribution is -2.29. The molecule has 0 radical (unpaired) electrons. The zero-order chi connectivity index (χ0) is 46.0. The Morgan fingerprint density at radius 2 is 1.10 bits per heavy atom. The fourth-order valence-electron chi connectivity index (χ4n) is 5.45. The SMILES string of the molecule is CC/C=C\C/C=C\C/C=C\C/C=C\C=C/C(O)C/C=C\CCC(=O)O[C@H](COC(=O)CCCCCCC/C=C\CCCCCCCC)COP(=O)(O)OC[C@@H](O)COP(=O)(O)O. The van der Waals surface area contributed by atoms with Crippen LogP contribution in [0.15, 0.2) is 85.1 Å². The van der Waals surface area contributed by atoms with E-state index in [1.165, 1.54) is 38.5 Å². The molecule has 5 N–H and O–H groups in total. The van der Waals surface area contributed by atoms with Crippen molar-refractivity contribution in [1.82, 2.24) is 0 Å². The second kappa shape index (κ2) is 41.0. The molecule has 0 amide bonds. The zero-order valence-corrected chi connectivity index (χ0v) is 39.1. The number of hydrogen-bond acceptors (Lipinski definition) is 11. The van der Waals surface area contributed by atoms with Gasteiger partial charge in [-0.2, -0.15) is 0 Å². The minimum absolute atomic E-state index is 0.0806. The van der Waals surface area contributed by atoms with Gasteiger partial charge in [0.1, 0.15) is 12.7 Å². The van der Waals surface area contributed by atoms with Crippen molar-refractivity contribution in [1.29, 1.82) is 0 Å². The highest BCUT2D eigenvalue weighted by Crippen LogP contribution is 2.43. The molecule has 0 aromatic rings. The number of aliphatic hydroxyl groups excluding tert-OH is 2. The van der Waals surface area contributed by atoms with Gasteiger partial charge in [-0.1, -0.05) is 150 Å². The van der Waals surface area contributed by atoms with Crippen molar-refractivity contribution in [2.75, 3.05) is 26.4 Å². The first-order valence-electron chi connectivity index (χ1n) is 22.4. The largest absolute Gasteiger partial charge is 0.472 e. The van der Waals surface area contributed by atoms with E-state index in [4.69, 9.17) is 23.8 Å². The maximum absolute atomic E-state index is 12.7. The van der Waals surface area contributed by atoms with Gasteiger partial charge in [0.2, 0.25) is 0 Å². The molecule has 0 bridgehead atoms. The summed E-state index contributed by atoms with van der Waals surface area (Å²) in [4.78, 5) is 52.7. The average Bonchev–Trinajstić information content (AvgIpc) is 3.23. The standard InChI is InChI=1S/C46H78O14P2/c1-3-5-7-9-11-13-15-17-18-20-22-24-26-28-32-36-45(49)56-40-44(41-59-62(54,55)58-39-43(48)38-57-61(51,52)53)60-46(50)37-33-29-31-35-42(47)34-30-27-25-23-21-19-16-14-12-10-8-6-4-2/h6,8,12,14,17-19,21,25,27,29-31,34,42-44,47-48H,3-5,7,9-11,13,15-16,20,22-24,26,28,32-33,35-41H2,1-2H3,(H,54,55)(H2,51,52,53)/b8-6-,14-12-,18-17-,21-19-,27-25-,31-29-,34-30-/t42?,43-,44+/m0/s1. The van der Waals surface area contributed by atoms with Gasteiger partial charge in [0.05, 0.1) is 25.9 Å². The topological polar surface area (TPSA) is 216 Å². The summed E-state index contributed by atoms with van der Waals surface area (Å²) in [5, 5.41) is 20.0. The smallest absolute Gasteiger partial charge is 0.462 e. The van der Waals surface area contributed by atoms with E-state index in [9.17, 15) is 33.8 Å². The first-order chi connectivity index (χ1) is 29.8. The molecule has 0 aromatic carbocycles. The number of allylic oxidation sites excluding steroid dienone is 12. The van der Waals surface area contributed by atoms with E-state index in [-0.39, 0.29) is 19.3 Å². The molecule has 4 atom stereocenters. The summed E-state index contributed by atoms with van der Waals surface area (Å²) in [6, 6.07) is 0. The number of unbranched alkanes of at least 4 members (excludes halogenated alkanes) is 11. The first kappa shape index (κ1) is 59.3. The molecule has 0 aromatic heterocycles. The minimum Gasteiger partial charge on any atom is -0.462 e. The Balaban J connectivity index is 4.75. The molecule has 14 nitrogen and oxygen atoms in total. The maximum Gasteiger partial charge on any atom is 0.472 e. The van der Waals surface area contributed by atoms with Gasteiger partial charge in [-0.25, -0.2) is 9.13 Å². The minimum atomic E-state index is -4.89.